The molecule has 1 amide bonds. The maximum atomic E-state index is 12.6. The lowest BCUT2D eigenvalue weighted by Gasteiger charge is -2.18. The number of para-hydroxylation sites is 1. The van der Waals surface area contributed by atoms with Gasteiger partial charge in [0, 0.05) is 13.6 Å². The second kappa shape index (κ2) is 6.36. The van der Waals surface area contributed by atoms with Gasteiger partial charge < -0.3 is 4.90 Å². The van der Waals surface area contributed by atoms with E-state index in [1.165, 1.54) is 10.8 Å². The van der Waals surface area contributed by atoms with Crippen LogP contribution in [0.5, 0.6) is 0 Å². The lowest BCUT2D eigenvalue weighted by Crippen LogP contribution is -2.30. The molecule has 0 spiro atoms. The van der Waals surface area contributed by atoms with E-state index in [-0.39, 0.29) is 12.5 Å². The van der Waals surface area contributed by atoms with Crippen molar-refractivity contribution in [3.8, 4) is 0 Å². The summed E-state index contributed by atoms with van der Waals surface area (Å²) in [5, 5.41) is 10.6. The molecule has 1 aromatic heterocycles. The molecule has 0 radical (unpaired) electrons. The Morgan fingerprint density at radius 3 is 2.68 bits per heavy atom. The van der Waals surface area contributed by atoms with E-state index in [0.717, 1.165) is 16.6 Å². The summed E-state index contributed by atoms with van der Waals surface area (Å²) in [6.45, 7) is 0.745. The Labute approximate surface area is 145 Å². The number of fused-ring (bicyclic) bond motifs is 2. The maximum absolute atomic E-state index is 12.6. The van der Waals surface area contributed by atoms with Gasteiger partial charge in [-0.2, -0.15) is 0 Å². The molecule has 0 unspecified atom stereocenters. The van der Waals surface area contributed by atoms with Crippen molar-refractivity contribution in [1.29, 1.82) is 0 Å². The van der Waals surface area contributed by atoms with Crippen molar-refractivity contribution in [1.82, 2.24) is 19.9 Å². The van der Waals surface area contributed by atoms with Crippen LogP contribution in [0.25, 0.3) is 21.8 Å². The zero-order valence-electron chi connectivity index (χ0n) is 14.0. The molecular weight excluding hydrogens is 312 g/mol. The number of nitrogens with zero attached hydrogens (tertiary/aromatic N) is 4. The summed E-state index contributed by atoms with van der Waals surface area (Å²) in [6.07, 6.45) is 0. The monoisotopic (exact) mass is 330 g/mol. The first-order chi connectivity index (χ1) is 12.2. The van der Waals surface area contributed by atoms with Crippen LogP contribution in [0.3, 0.4) is 0 Å². The third-order valence-electron chi connectivity index (χ3n) is 4.42. The summed E-state index contributed by atoms with van der Waals surface area (Å²) < 4.78 is 1.65. The van der Waals surface area contributed by atoms with Gasteiger partial charge in [0.25, 0.3) is 0 Å². The standard InChI is InChI=1S/C20H18N4O/c1-23(13-16-9-6-8-15-7-2-3-10-17(15)16)20(25)14-24-19-12-5-4-11-18(19)21-22-24/h2-12H,13-14H2,1H3. The molecule has 0 aliphatic carbocycles. The van der Waals surface area contributed by atoms with Gasteiger partial charge in [-0.15, -0.1) is 5.10 Å². The number of carbonyl (C=O) groups is 1. The molecule has 0 fully saturated rings. The van der Waals surface area contributed by atoms with Gasteiger partial charge in [0.05, 0.1) is 5.52 Å². The first kappa shape index (κ1) is 15.3. The lowest BCUT2D eigenvalue weighted by molar-refractivity contribution is -0.131. The van der Waals surface area contributed by atoms with Crippen LogP contribution in [0, 0.1) is 0 Å². The molecule has 4 rings (SSSR count). The quantitative estimate of drug-likeness (QED) is 0.577. The van der Waals surface area contributed by atoms with Gasteiger partial charge in [-0.05, 0) is 28.5 Å². The Hall–Kier alpha value is -3.21. The molecule has 0 aliphatic rings. The Kier molecular flexibility index (Phi) is 3.90. The first-order valence-electron chi connectivity index (χ1n) is 8.21. The maximum Gasteiger partial charge on any atom is 0.244 e. The summed E-state index contributed by atoms with van der Waals surface area (Å²) in [5.41, 5.74) is 2.80. The van der Waals surface area contributed by atoms with Crippen molar-refractivity contribution in [3.63, 3.8) is 0 Å². The lowest BCUT2D eigenvalue weighted by atomic mass is 10.0. The number of likely N-dealkylation sites (N-methyl/N-ethyl adjacent to an activating group) is 1. The topological polar surface area (TPSA) is 51.0 Å². The number of carbonyl (C=O) groups excluding carboxylic acids is 1. The molecular formula is C20H18N4O. The van der Waals surface area contributed by atoms with Crippen molar-refractivity contribution >= 4 is 27.7 Å². The molecule has 0 N–H and O–H groups in total. The Morgan fingerprint density at radius 2 is 1.76 bits per heavy atom. The van der Waals surface area contributed by atoms with E-state index >= 15 is 0 Å². The van der Waals surface area contributed by atoms with Gasteiger partial charge >= 0.3 is 0 Å². The number of benzene rings is 3. The zero-order valence-corrected chi connectivity index (χ0v) is 14.0. The molecule has 3 aromatic carbocycles. The molecule has 0 aliphatic heterocycles. The van der Waals surface area contributed by atoms with Crippen LogP contribution < -0.4 is 0 Å². The average Bonchev–Trinajstić information content (AvgIpc) is 3.05. The fraction of sp³-hybridized carbons (Fsp3) is 0.150. The van der Waals surface area contributed by atoms with Crippen molar-refractivity contribution in [2.45, 2.75) is 13.1 Å². The van der Waals surface area contributed by atoms with Gasteiger partial charge in [0.2, 0.25) is 5.91 Å². The van der Waals surface area contributed by atoms with Gasteiger partial charge in [0.15, 0.2) is 0 Å². The normalized spacial score (nSPS) is 11.1. The molecule has 0 atom stereocenters. The van der Waals surface area contributed by atoms with Crippen molar-refractivity contribution in [2.75, 3.05) is 7.05 Å². The minimum atomic E-state index is 0.00332. The molecule has 0 saturated heterocycles. The van der Waals surface area contributed by atoms with E-state index < -0.39 is 0 Å². The molecule has 5 heteroatoms. The summed E-state index contributed by atoms with van der Waals surface area (Å²) in [4.78, 5) is 14.4. The number of aromatic nitrogens is 3. The number of amides is 1. The number of rotatable bonds is 4. The highest BCUT2D eigenvalue weighted by Gasteiger charge is 2.14. The number of hydrogen-bond donors (Lipinski definition) is 0. The zero-order chi connectivity index (χ0) is 17.2. The SMILES string of the molecule is CN(Cc1cccc2ccccc12)C(=O)Cn1nnc2ccccc21. The third kappa shape index (κ3) is 2.96. The minimum absolute atomic E-state index is 0.00332. The van der Waals surface area contributed by atoms with E-state index in [9.17, 15) is 4.79 Å². The summed E-state index contributed by atoms with van der Waals surface area (Å²) in [5.74, 6) is 0.00332. The van der Waals surface area contributed by atoms with E-state index in [2.05, 4.69) is 34.6 Å². The fourth-order valence-electron chi connectivity index (χ4n) is 3.06. The van der Waals surface area contributed by atoms with Gasteiger partial charge in [-0.1, -0.05) is 59.8 Å². The Bertz CT molecular complexity index is 1050. The van der Waals surface area contributed by atoms with E-state index in [1.54, 1.807) is 9.58 Å². The van der Waals surface area contributed by atoms with Crippen LogP contribution in [0.15, 0.2) is 66.7 Å². The highest BCUT2D eigenvalue weighted by molar-refractivity contribution is 5.86. The smallest absolute Gasteiger partial charge is 0.244 e. The minimum Gasteiger partial charge on any atom is -0.340 e. The van der Waals surface area contributed by atoms with Crippen LogP contribution in [-0.2, 0) is 17.9 Å². The fourth-order valence-corrected chi connectivity index (χ4v) is 3.06. The molecule has 25 heavy (non-hydrogen) atoms. The molecule has 5 nitrogen and oxygen atoms in total. The largest absolute Gasteiger partial charge is 0.340 e. The molecule has 4 aromatic rings. The molecule has 1 heterocycles. The highest BCUT2D eigenvalue weighted by atomic mass is 16.2. The molecule has 124 valence electrons. The molecule has 0 saturated carbocycles. The van der Waals surface area contributed by atoms with Crippen LogP contribution >= 0.6 is 0 Å². The summed E-state index contributed by atoms with van der Waals surface area (Å²) >= 11 is 0. The van der Waals surface area contributed by atoms with Gasteiger partial charge in [-0.25, -0.2) is 4.68 Å². The Morgan fingerprint density at radius 1 is 1.00 bits per heavy atom. The van der Waals surface area contributed by atoms with Crippen LogP contribution in [-0.4, -0.2) is 32.8 Å². The summed E-state index contributed by atoms with van der Waals surface area (Å²) in [6, 6.07) is 22.1. The van der Waals surface area contributed by atoms with Crippen LogP contribution in [0.1, 0.15) is 5.56 Å². The van der Waals surface area contributed by atoms with E-state index in [4.69, 9.17) is 0 Å². The second-order valence-corrected chi connectivity index (χ2v) is 6.12. The first-order valence-corrected chi connectivity index (χ1v) is 8.21. The number of hydrogen-bond acceptors (Lipinski definition) is 3. The van der Waals surface area contributed by atoms with Crippen molar-refractivity contribution in [2.24, 2.45) is 0 Å². The summed E-state index contributed by atoms with van der Waals surface area (Å²) in [7, 11) is 1.82. The predicted octanol–water partition coefficient (Wildman–Crippen LogP) is 3.24. The highest BCUT2D eigenvalue weighted by Crippen LogP contribution is 2.20. The third-order valence-corrected chi connectivity index (χ3v) is 4.42. The van der Waals surface area contributed by atoms with Crippen molar-refractivity contribution < 1.29 is 4.79 Å². The second-order valence-electron chi connectivity index (χ2n) is 6.12. The van der Waals surface area contributed by atoms with Crippen molar-refractivity contribution in [3.05, 3.63) is 72.3 Å². The van der Waals surface area contributed by atoms with E-state index in [0.29, 0.717) is 6.54 Å². The van der Waals surface area contributed by atoms with Crippen LogP contribution in [0.4, 0.5) is 0 Å². The average molecular weight is 330 g/mol. The molecule has 0 bridgehead atoms. The Balaban J connectivity index is 1.54. The van der Waals surface area contributed by atoms with Crippen LogP contribution in [0.2, 0.25) is 0 Å². The predicted molar refractivity (Wildman–Crippen MR) is 98.0 cm³/mol. The van der Waals surface area contributed by atoms with Gasteiger partial charge in [-0.3, -0.25) is 4.79 Å². The van der Waals surface area contributed by atoms with Gasteiger partial charge in [0.1, 0.15) is 12.1 Å². The van der Waals surface area contributed by atoms with E-state index in [1.807, 2.05) is 49.5 Å².